The lowest BCUT2D eigenvalue weighted by Crippen LogP contribution is -2.19. The van der Waals surface area contributed by atoms with Gasteiger partial charge in [-0.25, -0.2) is 0 Å². The van der Waals surface area contributed by atoms with E-state index in [0.29, 0.717) is 6.42 Å². The van der Waals surface area contributed by atoms with Gasteiger partial charge in [-0.15, -0.1) is 0 Å². The van der Waals surface area contributed by atoms with Gasteiger partial charge < -0.3 is 4.90 Å². The lowest BCUT2D eigenvalue weighted by atomic mass is 9.99. The van der Waals surface area contributed by atoms with E-state index in [2.05, 4.69) is 43.0 Å². The van der Waals surface area contributed by atoms with Crippen LogP contribution in [0.3, 0.4) is 0 Å². The molecule has 80 valence electrons. The molecule has 2 nitrogen and oxygen atoms in total. The molecule has 0 aromatic heterocycles. The normalized spacial score (nSPS) is 12.5. The Hall–Kier alpha value is -1.33. The Labute approximate surface area is 92.1 Å². The molecule has 0 bridgehead atoms. The summed E-state index contributed by atoms with van der Waals surface area (Å²) in [5.74, 6) is 0. The van der Waals surface area contributed by atoms with Crippen molar-refractivity contribution in [3.05, 3.63) is 34.9 Å². The molecule has 0 heterocycles. The zero-order valence-corrected chi connectivity index (χ0v) is 9.91. The molecule has 2 heteroatoms. The van der Waals surface area contributed by atoms with Crippen LogP contribution in [0.1, 0.15) is 29.2 Å². The van der Waals surface area contributed by atoms with Gasteiger partial charge >= 0.3 is 0 Å². The third-order valence-corrected chi connectivity index (χ3v) is 2.82. The molecule has 1 aromatic carbocycles. The second kappa shape index (κ2) is 4.95. The van der Waals surface area contributed by atoms with Gasteiger partial charge in [-0.2, -0.15) is 5.26 Å². The molecule has 1 unspecified atom stereocenters. The Morgan fingerprint density at radius 1 is 1.27 bits per heavy atom. The molecule has 0 saturated heterocycles. The quantitative estimate of drug-likeness (QED) is 0.753. The van der Waals surface area contributed by atoms with Crippen LogP contribution in [-0.4, -0.2) is 19.0 Å². The van der Waals surface area contributed by atoms with E-state index in [9.17, 15) is 0 Å². The predicted molar refractivity (Wildman–Crippen MR) is 62.6 cm³/mol. The van der Waals surface area contributed by atoms with Crippen molar-refractivity contribution in [2.75, 3.05) is 14.1 Å². The molecule has 15 heavy (non-hydrogen) atoms. The van der Waals surface area contributed by atoms with Gasteiger partial charge in [-0.1, -0.05) is 18.2 Å². The van der Waals surface area contributed by atoms with Crippen molar-refractivity contribution in [3.8, 4) is 6.07 Å². The number of nitrogens with zero attached hydrogens (tertiary/aromatic N) is 2. The Kier molecular flexibility index (Phi) is 3.88. The van der Waals surface area contributed by atoms with Crippen molar-refractivity contribution in [1.82, 2.24) is 4.90 Å². The Bertz CT molecular complexity index is 375. The first kappa shape index (κ1) is 11.7. The van der Waals surface area contributed by atoms with Crippen molar-refractivity contribution in [1.29, 1.82) is 5.26 Å². The van der Waals surface area contributed by atoms with Gasteiger partial charge in [0.05, 0.1) is 12.5 Å². The van der Waals surface area contributed by atoms with Gasteiger partial charge in [0.1, 0.15) is 0 Å². The number of hydrogen-bond acceptors (Lipinski definition) is 2. The van der Waals surface area contributed by atoms with Crippen molar-refractivity contribution < 1.29 is 0 Å². The Balaban J connectivity index is 3.02. The minimum atomic E-state index is 0.203. The van der Waals surface area contributed by atoms with Gasteiger partial charge in [0.25, 0.3) is 0 Å². The molecule has 0 fully saturated rings. The average molecular weight is 202 g/mol. The smallest absolute Gasteiger partial charge is 0.0641 e. The number of nitriles is 1. The van der Waals surface area contributed by atoms with E-state index in [0.717, 1.165) is 0 Å². The minimum absolute atomic E-state index is 0.203. The summed E-state index contributed by atoms with van der Waals surface area (Å²) in [6.45, 7) is 4.21. The van der Waals surface area contributed by atoms with E-state index in [-0.39, 0.29) is 6.04 Å². The van der Waals surface area contributed by atoms with Crippen LogP contribution < -0.4 is 0 Å². The van der Waals surface area contributed by atoms with Crippen LogP contribution >= 0.6 is 0 Å². The molecular weight excluding hydrogens is 184 g/mol. The Morgan fingerprint density at radius 2 is 1.93 bits per heavy atom. The fraction of sp³-hybridized carbons (Fsp3) is 0.462. The fourth-order valence-electron chi connectivity index (χ4n) is 1.66. The molecule has 1 aromatic rings. The summed E-state index contributed by atoms with van der Waals surface area (Å²) in [5.41, 5.74) is 3.81. The van der Waals surface area contributed by atoms with E-state index in [1.807, 2.05) is 14.1 Å². The van der Waals surface area contributed by atoms with Crippen molar-refractivity contribution in [2.24, 2.45) is 0 Å². The lowest BCUT2D eigenvalue weighted by Gasteiger charge is -2.22. The van der Waals surface area contributed by atoms with Crippen molar-refractivity contribution >= 4 is 0 Å². The molecule has 0 spiro atoms. The second-order valence-electron chi connectivity index (χ2n) is 4.19. The highest BCUT2D eigenvalue weighted by Crippen LogP contribution is 2.23. The van der Waals surface area contributed by atoms with Crippen LogP contribution in [0.4, 0.5) is 0 Å². The molecule has 0 saturated carbocycles. The Morgan fingerprint density at radius 3 is 2.40 bits per heavy atom. The highest BCUT2D eigenvalue weighted by atomic mass is 15.1. The van der Waals surface area contributed by atoms with Crippen LogP contribution in [0.25, 0.3) is 0 Å². The van der Waals surface area contributed by atoms with Crippen molar-refractivity contribution in [3.63, 3.8) is 0 Å². The number of aryl methyl sites for hydroxylation is 2. The van der Waals surface area contributed by atoms with Gasteiger partial charge in [-0.3, -0.25) is 0 Å². The molecule has 0 aliphatic carbocycles. The molecule has 0 aliphatic rings. The maximum Gasteiger partial charge on any atom is 0.0641 e. The van der Waals surface area contributed by atoms with Crippen LogP contribution in [0.5, 0.6) is 0 Å². The van der Waals surface area contributed by atoms with Crippen molar-refractivity contribution in [2.45, 2.75) is 26.3 Å². The van der Waals surface area contributed by atoms with Crippen LogP contribution in [0, 0.1) is 25.2 Å². The summed E-state index contributed by atoms with van der Waals surface area (Å²) in [6, 6.07) is 8.86. The molecule has 0 amide bonds. The predicted octanol–water partition coefficient (Wildman–Crippen LogP) is 2.82. The zero-order chi connectivity index (χ0) is 11.4. The molecular formula is C13H18N2. The largest absolute Gasteiger partial charge is 0.301 e. The SMILES string of the molecule is Cc1ccc(C(CC#N)N(C)C)cc1C. The number of rotatable bonds is 3. The maximum absolute atomic E-state index is 8.79. The third kappa shape index (κ3) is 2.81. The summed E-state index contributed by atoms with van der Waals surface area (Å²) in [5, 5.41) is 8.79. The summed E-state index contributed by atoms with van der Waals surface area (Å²) >= 11 is 0. The first-order valence-electron chi connectivity index (χ1n) is 5.16. The van der Waals surface area contributed by atoms with E-state index < -0.39 is 0 Å². The van der Waals surface area contributed by atoms with Gasteiger partial charge in [-0.05, 0) is 44.6 Å². The molecule has 0 radical (unpaired) electrons. The maximum atomic E-state index is 8.79. The van der Waals surface area contributed by atoms with E-state index in [1.165, 1.54) is 16.7 Å². The van der Waals surface area contributed by atoms with Gasteiger partial charge in [0.15, 0.2) is 0 Å². The summed E-state index contributed by atoms with van der Waals surface area (Å²) in [6.07, 6.45) is 0.537. The van der Waals surface area contributed by atoms with E-state index >= 15 is 0 Å². The standard InChI is InChI=1S/C13H18N2/c1-10-5-6-12(9-11(10)2)13(7-8-14)15(3)4/h5-6,9,13H,7H2,1-4H3. The van der Waals surface area contributed by atoms with E-state index in [4.69, 9.17) is 5.26 Å². The van der Waals surface area contributed by atoms with Crippen LogP contribution in [0.2, 0.25) is 0 Å². The monoisotopic (exact) mass is 202 g/mol. The zero-order valence-electron chi connectivity index (χ0n) is 9.91. The third-order valence-electron chi connectivity index (χ3n) is 2.82. The van der Waals surface area contributed by atoms with E-state index in [1.54, 1.807) is 0 Å². The topological polar surface area (TPSA) is 27.0 Å². The summed E-state index contributed by atoms with van der Waals surface area (Å²) in [4.78, 5) is 2.09. The lowest BCUT2D eigenvalue weighted by molar-refractivity contribution is 0.303. The number of benzene rings is 1. The highest BCUT2D eigenvalue weighted by molar-refractivity contribution is 5.32. The minimum Gasteiger partial charge on any atom is -0.301 e. The van der Waals surface area contributed by atoms with Crippen LogP contribution in [0.15, 0.2) is 18.2 Å². The molecule has 1 atom stereocenters. The molecule has 0 N–H and O–H groups in total. The highest BCUT2D eigenvalue weighted by Gasteiger charge is 2.13. The van der Waals surface area contributed by atoms with Gasteiger partial charge in [0, 0.05) is 6.04 Å². The van der Waals surface area contributed by atoms with Crippen LogP contribution in [-0.2, 0) is 0 Å². The first-order valence-corrected chi connectivity index (χ1v) is 5.16. The summed E-state index contributed by atoms with van der Waals surface area (Å²) < 4.78 is 0. The average Bonchev–Trinajstić information content (AvgIpc) is 2.18. The second-order valence-corrected chi connectivity index (χ2v) is 4.19. The number of hydrogen-bond donors (Lipinski definition) is 0. The fourth-order valence-corrected chi connectivity index (χ4v) is 1.66. The summed E-state index contributed by atoms with van der Waals surface area (Å²) in [7, 11) is 4.02. The van der Waals surface area contributed by atoms with Gasteiger partial charge in [0.2, 0.25) is 0 Å². The molecule has 1 rings (SSSR count). The first-order chi connectivity index (χ1) is 7.06. The molecule has 0 aliphatic heterocycles.